The predicted octanol–water partition coefficient (Wildman–Crippen LogP) is 4.26. The van der Waals surface area contributed by atoms with Gasteiger partial charge in [-0.05, 0) is 24.6 Å². The highest BCUT2D eigenvalue weighted by atomic mass is 35.5. The van der Waals surface area contributed by atoms with E-state index in [0.29, 0.717) is 10.4 Å². The Bertz CT molecular complexity index is 447. The lowest BCUT2D eigenvalue weighted by atomic mass is 10.2. The van der Waals surface area contributed by atoms with Gasteiger partial charge >= 0.3 is 0 Å². The lowest BCUT2D eigenvalue weighted by Gasteiger charge is -1.89. The van der Waals surface area contributed by atoms with Gasteiger partial charge in [-0.1, -0.05) is 18.5 Å². The molecule has 0 nitrogen and oxygen atoms in total. The fourth-order valence-electron chi connectivity index (χ4n) is 1.32. The Balaban J connectivity index is 2.76. The molecule has 3 heteroatoms. The van der Waals surface area contributed by atoms with Crippen molar-refractivity contribution in [2.24, 2.45) is 0 Å². The largest absolute Gasteiger partial charge is 0.205 e. The summed E-state index contributed by atoms with van der Waals surface area (Å²) >= 11 is 7.29. The van der Waals surface area contributed by atoms with Gasteiger partial charge in [0.2, 0.25) is 0 Å². The molecule has 0 saturated heterocycles. The van der Waals surface area contributed by atoms with Crippen LogP contribution in [0.25, 0.3) is 10.1 Å². The monoisotopic (exact) mass is 214 g/mol. The zero-order valence-electron chi connectivity index (χ0n) is 7.10. The van der Waals surface area contributed by atoms with Gasteiger partial charge in [-0.3, -0.25) is 0 Å². The molecule has 0 atom stereocenters. The highest BCUT2D eigenvalue weighted by Crippen LogP contribution is 2.31. The summed E-state index contributed by atoms with van der Waals surface area (Å²) in [6.07, 6.45) is 0.739. The summed E-state index contributed by atoms with van der Waals surface area (Å²) < 4.78 is 14.5. The molecule has 0 amide bonds. The SMILES string of the molecule is CCc1sc2cc(Cl)ccc2c1F. The maximum Gasteiger partial charge on any atom is 0.144 e. The van der Waals surface area contributed by atoms with Crippen LogP contribution in [0.15, 0.2) is 18.2 Å². The van der Waals surface area contributed by atoms with Crippen LogP contribution in [0.5, 0.6) is 0 Å². The fraction of sp³-hybridized carbons (Fsp3) is 0.200. The van der Waals surface area contributed by atoms with Gasteiger partial charge in [0.1, 0.15) is 5.82 Å². The first-order valence-electron chi connectivity index (χ1n) is 4.08. The lowest BCUT2D eigenvalue weighted by Crippen LogP contribution is -1.76. The minimum atomic E-state index is -0.0841. The summed E-state index contributed by atoms with van der Waals surface area (Å²) in [4.78, 5) is 0.803. The van der Waals surface area contributed by atoms with Gasteiger partial charge in [0, 0.05) is 20.0 Å². The number of hydrogen-bond acceptors (Lipinski definition) is 1. The molecule has 2 aromatic rings. The Morgan fingerprint density at radius 2 is 2.23 bits per heavy atom. The van der Waals surface area contributed by atoms with E-state index in [0.717, 1.165) is 16.0 Å². The van der Waals surface area contributed by atoms with Crippen molar-refractivity contribution in [2.45, 2.75) is 13.3 Å². The molecule has 0 fully saturated rings. The van der Waals surface area contributed by atoms with Crippen molar-refractivity contribution in [1.29, 1.82) is 0 Å². The second-order valence-electron chi connectivity index (χ2n) is 2.83. The lowest BCUT2D eigenvalue weighted by molar-refractivity contribution is 0.631. The van der Waals surface area contributed by atoms with Gasteiger partial charge in [0.05, 0.1) is 0 Å². The Morgan fingerprint density at radius 1 is 1.46 bits per heavy atom. The molecule has 0 unspecified atom stereocenters. The van der Waals surface area contributed by atoms with E-state index in [-0.39, 0.29) is 5.82 Å². The number of halogens is 2. The summed E-state index contributed by atoms with van der Waals surface area (Å²) in [5.74, 6) is -0.0841. The quantitative estimate of drug-likeness (QED) is 0.666. The first-order chi connectivity index (χ1) is 6.22. The first kappa shape index (κ1) is 8.97. The molecule has 2 rings (SSSR count). The standard InChI is InChI=1S/C10H8ClFS/c1-2-8-10(12)7-4-3-6(11)5-9(7)13-8/h3-5H,2H2,1H3. The van der Waals surface area contributed by atoms with Crippen molar-refractivity contribution in [2.75, 3.05) is 0 Å². The molecule has 0 aliphatic carbocycles. The van der Waals surface area contributed by atoms with Crippen LogP contribution in [0.4, 0.5) is 4.39 Å². The van der Waals surface area contributed by atoms with Crippen LogP contribution in [0.3, 0.4) is 0 Å². The second-order valence-corrected chi connectivity index (χ2v) is 4.41. The Hall–Kier alpha value is -0.600. The van der Waals surface area contributed by atoms with Crippen LogP contribution in [0.1, 0.15) is 11.8 Å². The summed E-state index contributed by atoms with van der Waals surface area (Å²) in [7, 11) is 0. The molecule has 0 aliphatic rings. The molecule has 0 spiro atoms. The minimum Gasteiger partial charge on any atom is -0.205 e. The van der Waals surface area contributed by atoms with E-state index in [2.05, 4.69) is 0 Å². The van der Waals surface area contributed by atoms with E-state index in [1.807, 2.05) is 13.0 Å². The molecule has 0 bridgehead atoms. The average Bonchev–Trinajstić information content (AvgIpc) is 2.42. The third kappa shape index (κ3) is 1.45. The Kier molecular flexibility index (Phi) is 2.26. The van der Waals surface area contributed by atoms with Crippen LogP contribution in [0, 0.1) is 5.82 Å². The highest BCUT2D eigenvalue weighted by Gasteiger charge is 2.09. The molecule has 1 aromatic carbocycles. The zero-order chi connectivity index (χ0) is 9.42. The molecular formula is C10H8ClFS. The van der Waals surface area contributed by atoms with Crippen LogP contribution in [0.2, 0.25) is 5.02 Å². The van der Waals surface area contributed by atoms with Gasteiger partial charge in [0.15, 0.2) is 0 Å². The van der Waals surface area contributed by atoms with Gasteiger partial charge in [-0.15, -0.1) is 11.3 Å². The van der Waals surface area contributed by atoms with Crippen LogP contribution in [-0.2, 0) is 6.42 Å². The van der Waals surface area contributed by atoms with Crippen molar-refractivity contribution in [3.8, 4) is 0 Å². The minimum absolute atomic E-state index is 0.0841. The van der Waals surface area contributed by atoms with Crippen molar-refractivity contribution in [3.63, 3.8) is 0 Å². The second kappa shape index (κ2) is 3.28. The maximum absolute atomic E-state index is 13.5. The number of aryl methyl sites for hydroxylation is 1. The van der Waals surface area contributed by atoms with Crippen LogP contribution >= 0.6 is 22.9 Å². The Morgan fingerprint density at radius 3 is 2.92 bits per heavy atom. The third-order valence-corrected chi connectivity index (χ3v) is 3.49. The molecule has 0 aliphatic heterocycles. The molecular weight excluding hydrogens is 207 g/mol. The molecule has 0 saturated carbocycles. The number of benzene rings is 1. The Labute approximate surface area is 85.0 Å². The van der Waals surface area contributed by atoms with Gasteiger partial charge in [-0.2, -0.15) is 0 Å². The fourth-order valence-corrected chi connectivity index (χ4v) is 2.62. The topological polar surface area (TPSA) is 0 Å². The summed E-state index contributed by atoms with van der Waals surface area (Å²) in [6, 6.07) is 5.27. The molecule has 0 N–H and O–H groups in total. The van der Waals surface area contributed by atoms with Gasteiger partial charge in [0.25, 0.3) is 0 Å². The number of rotatable bonds is 1. The molecule has 1 heterocycles. The molecule has 1 aromatic heterocycles. The van der Waals surface area contributed by atoms with Gasteiger partial charge in [-0.25, -0.2) is 4.39 Å². The third-order valence-electron chi connectivity index (χ3n) is 1.98. The number of thiophene rings is 1. The van der Waals surface area contributed by atoms with E-state index in [4.69, 9.17) is 11.6 Å². The van der Waals surface area contributed by atoms with Crippen LogP contribution in [-0.4, -0.2) is 0 Å². The van der Waals surface area contributed by atoms with E-state index in [9.17, 15) is 4.39 Å². The van der Waals surface area contributed by atoms with E-state index in [1.165, 1.54) is 11.3 Å². The first-order valence-corrected chi connectivity index (χ1v) is 5.28. The van der Waals surface area contributed by atoms with Crippen LogP contribution < -0.4 is 0 Å². The van der Waals surface area contributed by atoms with Gasteiger partial charge < -0.3 is 0 Å². The van der Waals surface area contributed by atoms with Crippen molar-refractivity contribution in [1.82, 2.24) is 0 Å². The predicted molar refractivity (Wildman–Crippen MR) is 56.2 cm³/mol. The van der Waals surface area contributed by atoms with Crippen molar-refractivity contribution >= 4 is 33.0 Å². The molecule has 68 valence electrons. The van der Waals surface area contributed by atoms with Crippen molar-refractivity contribution in [3.05, 3.63) is 33.9 Å². The van der Waals surface area contributed by atoms with E-state index >= 15 is 0 Å². The number of hydrogen-bond donors (Lipinski definition) is 0. The maximum atomic E-state index is 13.5. The molecule has 0 radical (unpaired) electrons. The zero-order valence-corrected chi connectivity index (χ0v) is 8.68. The highest BCUT2D eigenvalue weighted by molar-refractivity contribution is 7.19. The van der Waals surface area contributed by atoms with E-state index < -0.39 is 0 Å². The number of fused-ring (bicyclic) bond motifs is 1. The van der Waals surface area contributed by atoms with Crippen molar-refractivity contribution < 1.29 is 4.39 Å². The normalized spacial score (nSPS) is 11.0. The van der Waals surface area contributed by atoms with E-state index in [1.54, 1.807) is 12.1 Å². The molecule has 13 heavy (non-hydrogen) atoms. The average molecular weight is 215 g/mol. The summed E-state index contributed by atoms with van der Waals surface area (Å²) in [5.41, 5.74) is 0. The summed E-state index contributed by atoms with van der Waals surface area (Å²) in [6.45, 7) is 1.95. The smallest absolute Gasteiger partial charge is 0.144 e. The summed E-state index contributed by atoms with van der Waals surface area (Å²) in [5, 5.41) is 1.35.